The largest absolute Gasteiger partial charge is 0.352 e. The van der Waals surface area contributed by atoms with E-state index in [0.29, 0.717) is 13.1 Å². The Morgan fingerprint density at radius 2 is 2.24 bits per heavy atom. The van der Waals surface area contributed by atoms with E-state index in [2.05, 4.69) is 10.6 Å². The lowest BCUT2D eigenvalue weighted by atomic mass is 10.1. The molecule has 17 heavy (non-hydrogen) atoms. The van der Waals surface area contributed by atoms with Crippen LogP contribution in [0.1, 0.15) is 18.9 Å². The molecule has 1 atom stereocenters. The van der Waals surface area contributed by atoms with Crippen molar-refractivity contribution in [1.82, 2.24) is 10.6 Å². The summed E-state index contributed by atoms with van der Waals surface area (Å²) in [6.45, 7) is 3.01. The molecule has 1 unspecified atom stereocenters. The van der Waals surface area contributed by atoms with Crippen molar-refractivity contribution in [1.29, 1.82) is 0 Å². The SMILES string of the molecule is CCC(CNC)C(=O)NCc1cccc(F)c1. The van der Waals surface area contributed by atoms with Crippen LogP contribution in [0, 0.1) is 11.7 Å². The summed E-state index contributed by atoms with van der Waals surface area (Å²) in [6, 6.07) is 6.25. The first-order valence-corrected chi connectivity index (χ1v) is 5.84. The van der Waals surface area contributed by atoms with Crippen LogP contribution in [0.4, 0.5) is 4.39 Å². The summed E-state index contributed by atoms with van der Waals surface area (Å²) in [5.74, 6) is -0.307. The number of hydrogen-bond acceptors (Lipinski definition) is 2. The maximum Gasteiger partial charge on any atom is 0.224 e. The van der Waals surface area contributed by atoms with E-state index < -0.39 is 0 Å². The zero-order chi connectivity index (χ0) is 12.7. The molecule has 3 nitrogen and oxygen atoms in total. The van der Waals surface area contributed by atoms with E-state index in [1.165, 1.54) is 12.1 Å². The molecule has 0 saturated heterocycles. The van der Waals surface area contributed by atoms with Crippen molar-refractivity contribution < 1.29 is 9.18 Å². The molecule has 2 N–H and O–H groups in total. The number of halogens is 1. The highest BCUT2D eigenvalue weighted by Crippen LogP contribution is 2.05. The molecule has 0 fully saturated rings. The monoisotopic (exact) mass is 238 g/mol. The number of nitrogens with one attached hydrogen (secondary N) is 2. The molecule has 1 aromatic rings. The average Bonchev–Trinajstić information content (AvgIpc) is 2.33. The minimum atomic E-state index is -0.279. The van der Waals surface area contributed by atoms with Crippen molar-refractivity contribution in [2.24, 2.45) is 5.92 Å². The minimum Gasteiger partial charge on any atom is -0.352 e. The second-order valence-electron chi connectivity index (χ2n) is 4.01. The first kappa shape index (κ1) is 13.6. The Labute approximate surface area is 101 Å². The van der Waals surface area contributed by atoms with Crippen LogP contribution in [-0.4, -0.2) is 19.5 Å². The molecular formula is C13H19FN2O. The van der Waals surface area contributed by atoms with Gasteiger partial charge in [0, 0.05) is 13.1 Å². The molecule has 0 aromatic heterocycles. The summed E-state index contributed by atoms with van der Waals surface area (Å²) in [4.78, 5) is 11.8. The van der Waals surface area contributed by atoms with Crippen LogP contribution in [0.15, 0.2) is 24.3 Å². The lowest BCUT2D eigenvalue weighted by Crippen LogP contribution is -2.35. The molecule has 1 aromatic carbocycles. The predicted octanol–water partition coefficient (Wildman–Crippen LogP) is 1.69. The van der Waals surface area contributed by atoms with Crippen molar-refractivity contribution >= 4 is 5.91 Å². The van der Waals surface area contributed by atoms with Gasteiger partial charge in [-0.15, -0.1) is 0 Å². The molecule has 0 aliphatic carbocycles. The quantitative estimate of drug-likeness (QED) is 0.792. The Balaban J connectivity index is 2.47. The molecule has 0 radical (unpaired) electrons. The van der Waals surface area contributed by atoms with Gasteiger partial charge in [-0.25, -0.2) is 4.39 Å². The molecule has 0 spiro atoms. The zero-order valence-corrected chi connectivity index (χ0v) is 10.3. The summed E-state index contributed by atoms with van der Waals surface area (Å²) in [6.07, 6.45) is 0.788. The highest BCUT2D eigenvalue weighted by molar-refractivity contribution is 5.78. The Morgan fingerprint density at radius 3 is 2.82 bits per heavy atom. The molecule has 94 valence electrons. The summed E-state index contributed by atoms with van der Waals surface area (Å²) in [7, 11) is 1.82. The first-order chi connectivity index (χ1) is 8.17. The van der Waals surface area contributed by atoms with Crippen LogP contribution in [0.5, 0.6) is 0 Å². The van der Waals surface area contributed by atoms with Crippen LogP contribution in [0.3, 0.4) is 0 Å². The summed E-state index contributed by atoms with van der Waals surface area (Å²) in [5, 5.41) is 5.80. The van der Waals surface area contributed by atoms with Crippen LogP contribution in [0.25, 0.3) is 0 Å². The van der Waals surface area contributed by atoms with Gasteiger partial charge in [-0.2, -0.15) is 0 Å². The van der Waals surface area contributed by atoms with Crippen LogP contribution < -0.4 is 10.6 Å². The average molecular weight is 238 g/mol. The minimum absolute atomic E-state index is 0.00566. The van der Waals surface area contributed by atoms with E-state index in [-0.39, 0.29) is 17.6 Å². The third kappa shape index (κ3) is 4.53. The number of carbonyl (C=O) groups is 1. The third-order valence-electron chi connectivity index (χ3n) is 2.67. The molecule has 1 amide bonds. The number of amides is 1. The fourth-order valence-electron chi connectivity index (χ4n) is 1.65. The fourth-order valence-corrected chi connectivity index (χ4v) is 1.65. The lowest BCUT2D eigenvalue weighted by molar-refractivity contribution is -0.125. The molecule has 1 rings (SSSR count). The first-order valence-electron chi connectivity index (χ1n) is 5.84. The maximum atomic E-state index is 12.9. The van der Waals surface area contributed by atoms with Gasteiger partial charge in [0.25, 0.3) is 0 Å². The second kappa shape index (κ2) is 7.01. The molecule has 0 bridgehead atoms. The van der Waals surface area contributed by atoms with Crippen LogP contribution in [0.2, 0.25) is 0 Å². The standard InChI is InChI=1S/C13H19FN2O/c1-3-11(9-15-2)13(17)16-8-10-5-4-6-12(14)7-10/h4-7,11,15H,3,8-9H2,1-2H3,(H,16,17). The maximum absolute atomic E-state index is 12.9. The van der Waals surface area contributed by atoms with E-state index in [4.69, 9.17) is 0 Å². The highest BCUT2D eigenvalue weighted by atomic mass is 19.1. The van der Waals surface area contributed by atoms with Gasteiger partial charge in [-0.3, -0.25) is 4.79 Å². The van der Waals surface area contributed by atoms with Gasteiger partial charge in [0.15, 0.2) is 0 Å². The number of carbonyl (C=O) groups excluding carboxylic acids is 1. The van der Waals surface area contributed by atoms with Gasteiger partial charge in [-0.1, -0.05) is 19.1 Å². The van der Waals surface area contributed by atoms with Gasteiger partial charge >= 0.3 is 0 Å². The smallest absolute Gasteiger partial charge is 0.224 e. The second-order valence-corrected chi connectivity index (χ2v) is 4.01. The van der Waals surface area contributed by atoms with Crippen LogP contribution in [-0.2, 0) is 11.3 Å². The lowest BCUT2D eigenvalue weighted by Gasteiger charge is -2.14. The van der Waals surface area contributed by atoms with Crippen molar-refractivity contribution in [3.05, 3.63) is 35.6 Å². The number of hydrogen-bond donors (Lipinski definition) is 2. The number of benzene rings is 1. The molecule has 0 heterocycles. The molecule has 0 saturated carbocycles. The Hall–Kier alpha value is -1.42. The van der Waals surface area contributed by atoms with Gasteiger partial charge in [0.1, 0.15) is 5.82 Å². The molecule has 0 aliphatic rings. The Morgan fingerprint density at radius 1 is 1.47 bits per heavy atom. The highest BCUT2D eigenvalue weighted by Gasteiger charge is 2.14. The van der Waals surface area contributed by atoms with E-state index in [9.17, 15) is 9.18 Å². The molecule has 4 heteroatoms. The van der Waals surface area contributed by atoms with E-state index in [1.807, 2.05) is 14.0 Å². The van der Waals surface area contributed by atoms with Crippen LogP contribution >= 0.6 is 0 Å². The Bertz CT molecular complexity index is 368. The zero-order valence-electron chi connectivity index (χ0n) is 10.3. The van der Waals surface area contributed by atoms with Crippen molar-refractivity contribution in [2.45, 2.75) is 19.9 Å². The normalized spacial score (nSPS) is 12.2. The van der Waals surface area contributed by atoms with Crippen molar-refractivity contribution in [3.8, 4) is 0 Å². The van der Waals surface area contributed by atoms with E-state index >= 15 is 0 Å². The van der Waals surface area contributed by atoms with Gasteiger partial charge < -0.3 is 10.6 Å². The van der Waals surface area contributed by atoms with Gasteiger partial charge in [-0.05, 0) is 31.2 Å². The Kier molecular flexibility index (Phi) is 5.63. The third-order valence-corrected chi connectivity index (χ3v) is 2.67. The van der Waals surface area contributed by atoms with Gasteiger partial charge in [0.05, 0.1) is 5.92 Å². The molecular weight excluding hydrogens is 219 g/mol. The summed E-state index contributed by atoms with van der Waals surface area (Å²) in [5.41, 5.74) is 0.776. The van der Waals surface area contributed by atoms with Crippen molar-refractivity contribution in [3.63, 3.8) is 0 Å². The topological polar surface area (TPSA) is 41.1 Å². The number of rotatable bonds is 6. The summed E-state index contributed by atoms with van der Waals surface area (Å²) >= 11 is 0. The van der Waals surface area contributed by atoms with E-state index in [1.54, 1.807) is 12.1 Å². The summed E-state index contributed by atoms with van der Waals surface area (Å²) < 4.78 is 12.9. The predicted molar refractivity (Wildman–Crippen MR) is 66.0 cm³/mol. The molecule has 0 aliphatic heterocycles. The van der Waals surface area contributed by atoms with Gasteiger partial charge in [0.2, 0.25) is 5.91 Å². The fraction of sp³-hybridized carbons (Fsp3) is 0.462. The van der Waals surface area contributed by atoms with E-state index in [0.717, 1.165) is 12.0 Å². The van der Waals surface area contributed by atoms with Crippen molar-refractivity contribution in [2.75, 3.05) is 13.6 Å².